The van der Waals surface area contributed by atoms with Crippen molar-refractivity contribution < 1.29 is 22.1 Å². The van der Waals surface area contributed by atoms with Gasteiger partial charge in [-0.3, -0.25) is 4.57 Å². The summed E-state index contributed by atoms with van der Waals surface area (Å²) in [6, 6.07) is 4.71. The Morgan fingerprint density at radius 1 is 0.611 bits per heavy atom. The Labute approximate surface area is 101 Å². The third-order valence-corrected chi connectivity index (χ3v) is 3.62. The van der Waals surface area contributed by atoms with E-state index in [-0.39, 0.29) is 10.6 Å². The summed E-state index contributed by atoms with van der Waals surface area (Å²) in [5.74, 6) is -3.59. The highest BCUT2D eigenvalue weighted by atomic mass is 31.1. The number of rotatable bonds is 2. The summed E-state index contributed by atoms with van der Waals surface area (Å²) in [7, 11) is -2.45. The molecule has 0 unspecified atom stereocenters. The zero-order valence-electron chi connectivity index (χ0n) is 8.83. The van der Waals surface area contributed by atoms with Gasteiger partial charge in [-0.1, -0.05) is 0 Å². The first-order valence-corrected chi connectivity index (χ1v) is 6.11. The van der Waals surface area contributed by atoms with Crippen LogP contribution in [0, 0.1) is 23.3 Å². The van der Waals surface area contributed by atoms with Crippen molar-refractivity contribution in [2.75, 3.05) is 0 Å². The first-order valence-electron chi connectivity index (χ1n) is 4.85. The molecule has 0 atom stereocenters. The summed E-state index contributed by atoms with van der Waals surface area (Å²) >= 11 is 0. The van der Waals surface area contributed by atoms with Crippen LogP contribution in [0.3, 0.4) is 0 Å². The molecule has 0 bridgehead atoms. The lowest BCUT2D eigenvalue weighted by Gasteiger charge is -2.03. The lowest BCUT2D eigenvalue weighted by Crippen LogP contribution is -2.09. The Hall–Kier alpha value is -1.74. The normalized spacial score (nSPS) is 10.4. The average molecular weight is 273 g/mol. The maximum atomic E-state index is 12.9. The summed E-state index contributed by atoms with van der Waals surface area (Å²) in [6.07, 6.45) is 0. The summed E-state index contributed by atoms with van der Waals surface area (Å²) in [5.41, 5.74) is 0. The topological polar surface area (TPSA) is 17.1 Å². The van der Waals surface area contributed by atoms with Crippen LogP contribution in [0.2, 0.25) is 0 Å². The third kappa shape index (κ3) is 2.74. The predicted molar refractivity (Wildman–Crippen MR) is 59.6 cm³/mol. The Kier molecular flexibility index (Phi) is 3.43. The van der Waals surface area contributed by atoms with E-state index in [0.29, 0.717) is 12.1 Å². The molecule has 1 radical (unpaired) electrons. The van der Waals surface area contributed by atoms with Crippen LogP contribution in [0.1, 0.15) is 0 Å². The summed E-state index contributed by atoms with van der Waals surface area (Å²) in [6.45, 7) is 0. The smallest absolute Gasteiger partial charge is 0.137 e. The van der Waals surface area contributed by atoms with Crippen molar-refractivity contribution in [3.8, 4) is 0 Å². The number of hydrogen-bond donors (Lipinski definition) is 0. The molecule has 6 heteroatoms. The highest BCUT2D eigenvalue weighted by Crippen LogP contribution is 2.21. The van der Waals surface area contributed by atoms with Crippen LogP contribution in [-0.2, 0) is 4.57 Å². The highest BCUT2D eigenvalue weighted by molar-refractivity contribution is 7.61. The zero-order chi connectivity index (χ0) is 13.3. The lowest BCUT2D eigenvalue weighted by atomic mass is 10.3. The van der Waals surface area contributed by atoms with Crippen molar-refractivity contribution in [3.05, 3.63) is 59.7 Å². The SMILES string of the molecule is O=[P](c1cc(F)cc(F)c1)c1cc(F)cc(F)c1. The molecule has 2 rings (SSSR count). The molecule has 0 aliphatic heterocycles. The average Bonchev–Trinajstić information content (AvgIpc) is 2.25. The van der Waals surface area contributed by atoms with Crippen LogP contribution in [0.5, 0.6) is 0 Å². The minimum absolute atomic E-state index is 0.160. The van der Waals surface area contributed by atoms with Gasteiger partial charge >= 0.3 is 0 Å². The quantitative estimate of drug-likeness (QED) is 0.607. The maximum Gasteiger partial charge on any atom is 0.137 e. The van der Waals surface area contributed by atoms with Crippen LogP contribution in [0.25, 0.3) is 0 Å². The molecule has 0 spiro atoms. The molecule has 93 valence electrons. The largest absolute Gasteiger partial charge is 0.277 e. The standard InChI is InChI=1S/C12H6F4OP/c13-7-1-8(14)4-11(3-7)18(17)12-5-9(15)2-10(16)6-12/h1-6H. The van der Waals surface area contributed by atoms with Crippen molar-refractivity contribution in [3.63, 3.8) is 0 Å². The van der Waals surface area contributed by atoms with Gasteiger partial charge in [0.05, 0.1) is 0 Å². The van der Waals surface area contributed by atoms with Gasteiger partial charge in [0.2, 0.25) is 0 Å². The minimum Gasteiger partial charge on any atom is -0.277 e. The molecule has 0 amide bonds. The Morgan fingerprint density at radius 2 is 0.889 bits per heavy atom. The Balaban J connectivity index is 2.47. The molecular formula is C12H6F4OP. The molecule has 0 aliphatic carbocycles. The van der Waals surface area contributed by atoms with Gasteiger partial charge in [-0.05, 0) is 24.3 Å². The van der Waals surface area contributed by atoms with E-state index in [4.69, 9.17) is 0 Å². The minimum atomic E-state index is -2.45. The van der Waals surface area contributed by atoms with E-state index in [0.717, 1.165) is 24.3 Å². The second-order valence-corrected chi connectivity index (χ2v) is 5.17. The fourth-order valence-corrected chi connectivity index (χ4v) is 2.72. The predicted octanol–water partition coefficient (Wildman–Crippen LogP) is 3.02. The van der Waals surface area contributed by atoms with Crippen LogP contribution < -0.4 is 10.6 Å². The molecule has 0 aromatic heterocycles. The Bertz CT molecular complexity index is 533. The molecule has 1 nitrogen and oxygen atoms in total. The molecule has 2 aromatic carbocycles. The molecule has 0 N–H and O–H groups in total. The fourth-order valence-electron chi connectivity index (χ4n) is 1.46. The third-order valence-electron chi connectivity index (χ3n) is 2.16. The van der Waals surface area contributed by atoms with E-state index in [1.54, 1.807) is 0 Å². The molecule has 0 heterocycles. The molecular weight excluding hydrogens is 267 g/mol. The van der Waals surface area contributed by atoms with Gasteiger partial charge in [-0.15, -0.1) is 0 Å². The van der Waals surface area contributed by atoms with Crippen molar-refractivity contribution in [2.45, 2.75) is 0 Å². The molecule has 0 fully saturated rings. The van der Waals surface area contributed by atoms with E-state index in [2.05, 4.69) is 0 Å². The second kappa shape index (κ2) is 4.86. The summed E-state index contributed by atoms with van der Waals surface area (Å²) in [5, 5.41) is -0.319. The lowest BCUT2D eigenvalue weighted by molar-refractivity contribution is 0.580. The number of benzene rings is 2. The van der Waals surface area contributed by atoms with Gasteiger partial charge in [0.1, 0.15) is 31.1 Å². The molecule has 2 aromatic rings. The van der Waals surface area contributed by atoms with E-state index in [9.17, 15) is 22.1 Å². The van der Waals surface area contributed by atoms with Gasteiger partial charge in [-0.25, -0.2) is 17.6 Å². The van der Waals surface area contributed by atoms with Gasteiger partial charge in [-0.2, -0.15) is 0 Å². The van der Waals surface area contributed by atoms with Crippen molar-refractivity contribution in [1.82, 2.24) is 0 Å². The van der Waals surface area contributed by atoms with Gasteiger partial charge in [0.15, 0.2) is 0 Å². The van der Waals surface area contributed by atoms with Gasteiger partial charge in [0, 0.05) is 22.7 Å². The Morgan fingerprint density at radius 3 is 1.17 bits per heavy atom. The molecule has 0 saturated carbocycles. The summed E-state index contributed by atoms with van der Waals surface area (Å²) < 4.78 is 63.7. The molecule has 18 heavy (non-hydrogen) atoms. The van der Waals surface area contributed by atoms with Gasteiger partial charge < -0.3 is 0 Å². The van der Waals surface area contributed by atoms with E-state index < -0.39 is 31.1 Å². The number of halogens is 4. The maximum absolute atomic E-state index is 12.9. The molecule has 0 saturated heterocycles. The van der Waals surface area contributed by atoms with E-state index in [1.165, 1.54) is 0 Å². The van der Waals surface area contributed by atoms with Crippen LogP contribution in [0.4, 0.5) is 17.6 Å². The first kappa shape index (κ1) is 12.7. The second-order valence-electron chi connectivity index (χ2n) is 3.55. The van der Waals surface area contributed by atoms with Crippen molar-refractivity contribution >= 4 is 18.4 Å². The molecule has 0 aliphatic rings. The van der Waals surface area contributed by atoms with Crippen molar-refractivity contribution in [1.29, 1.82) is 0 Å². The monoisotopic (exact) mass is 273 g/mol. The highest BCUT2D eigenvalue weighted by Gasteiger charge is 2.13. The van der Waals surface area contributed by atoms with Gasteiger partial charge in [0.25, 0.3) is 0 Å². The summed E-state index contributed by atoms with van der Waals surface area (Å²) in [4.78, 5) is 0. The van der Waals surface area contributed by atoms with Crippen molar-refractivity contribution in [2.24, 2.45) is 0 Å². The van der Waals surface area contributed by atoms with Crippen LogP contribution >= 0.6 is 7.80 Å². The number of hydrogen-bond acceptors (Lipinski definition) is 1. The fraction of sp³-hybridized carbons (Fsp3) is 0. The van der Waals surface area contributed by atoms with Crippen LogP contribution in [-0.4, -0.2) is 0 Å². The van der Waals surface area contributed by atoms with E-state index in [1.807, 2.05) is 0 Å². The zero-order valence-corrected chi connectivity index (χ0v) is 9.73. The first-order chi connectivity index (χ1) is 8.45. The van der Waals surface area contributed by atoms with Crippen LogP contribution in [0.15, 0.2) is 36.4 Å². The van der Waals surface area contributed by atoms with E-state index >= 15 is 0 Å².